The molecular formula is C12H17ClO. The summed E-state index contributed by atoms with van der Waals surface area (Å²) in [6, 6.07) is 7.86. The second kappa shape index (κ2) is 5.38. The first-order valence-corrected chi connectivity index (χ1v) is 5.42. The zero-order valence-corrected chi connectivity index (χ0v) is 9.71. The third kappa shape index (κ3) is 3.00. The second-order valence-corrected chi connectivity index (χ2v) is 4.01. The Morgan fingerprint density at radius 2 is 1.93 bits per heavy atom. The molecule has 0 aromatic heterocycles. The summed E-state index contributed by atoms with van der Waals surface area (Å²) in [7, 11) is 0. The van der Waals surface area contributed by atoms with Crippen molar-refractivity contribution in [3.05, 3.63) is 34.9 Å². The van der Waals surface area contributed by atoms with E-state index in [0.717, 1.165) is 17.0 Å². The van der Waals surface area contributed by atoms with E-state index in [0.29, 0.717) is 0 Å². The molecule has 0 aliphatic heterocycles. The van der Waals surface area contributed by atoms with Crippen LogP contribution in [0.5, 0.6) is 0 Å². The van der Waals surface area contributed by atoms with Gasteiger partial charge >= 0.3 is 0 Å². The molecule has 0 fully saturated rings. The van der Waals surface area contributed by atoms with E-state index >= 15 is 0 Å². The van der Waals surface area contributed by atoms with Crippen LogP contribution in [0.15, 0.2) is 24.3 Å². The summed E-state index contributed by atoms with van der Waals surface area (Å²) in [5.74, 6) is 0. The highest BCUT2D eigenvalue weighted by molar-refractivity contribution is 6.31. The molecule has 0 spiro atoms. The van der Waals surface area contributed by atoms with Gasteiger partial charge in [0.25, 0.3) is 0 Å². The topological polar surface area (TPSA) is 9.23 Å². The third-order valence-electron chi connectivity index (χ3n) is 2.06. The molecular weight excluding hydrogens is 196 g/mol. The normalized spacial score (nSPS) is 13.2. The van der Waals surface area contributed by atoms with Gasteiger partial charge in [-0.15, -0.1) is 0 Å². The van der Waals surface area contributed by atoms with Crippen molar-refractivity contribution in [1.29, 1.82) is 0 Å². The standard InChI is InChI=1S/C12H17ClO/c1-4-12(14-9(2)3)10-7-5-6-8-11(10)13/h5-9,12H,4H2,1-3H3. The summed E-state index contributed by atoms with van der Waals surface area (Å²) >= 11 is 6.10. The van der Waals surface area contributed by atoms with Crippen molar-refractivity contribution < 1.29 is 4.74 Å². The number of halogens is 1. The molecule has 0 saturated carbocycles. The lowest BCUT2D eigenvalue weighted by Crippen LogP contribution is -2.10. The van der Waals surface area contributed by atoms with Crippen LogP contribution in [0.4, 0.5) is 0 Å². The molecule has 1 unspecified atom stereocenters. The predicted molar refractivity (Wildman–Crippen MR) is 60.7 cm³/mol. The van der Waals surface area contributed by atoms with Gasteiger partial charge in [0.1, 0.15) is 0 Å². The SMILES string of the molecule is CCC(OC(C)C)c1ccccc1Cl. The second-order valence-electron chi connectivity index (χ2n) is 3.60. The van der Waals surface area contributed by atoms with Gasteiger partial charge < -0.3 is 4.74 Å². The maximum absolute atomic E-state index is 6.10. The Labute approximate surface area is 91.0 Å². The quantitative estimate of drug-likeness (QED) is 0.726. The Morgan fingerprint density at radius 1 is 1.29 bits per heavy atom. The van der Waals surface area contributed by atoms with Crippen molar-refractivity contribution in [2.45, 2.75) is 39.4 Å². The molecule has 0 heterocycles. The molecule has 1 aromatic carbocycles. The first-order valence-electron chi connectivity index (χ1n) is 5.05. The molecule has 0 aliphatic rings. The van der Waals surface area contributed by atoms with Gasteiger partial charge in [0.2, 0.25) is 0 Å². The highest BCUT2D eigenvalue weighted by Gasteiger charge is 2.13. The van der Waals surface area contributed by atoms with Crippen LogP contribution in [0.25, 0.3) is 0 Å². The highest BCUT2D eigenvalue weighted by atomic mass is 35.5. The maximum atomic E-state index is 6.10. The highest BCUT2D eigenvalue weighted by Crippen LogP contribution is 2.28. The van der Waals surface area contributed by atoms with Crippen molar-refractivity contribution >= 4 is 11.6 Å². The van der Waals surface area contributed by atoms with E-state index in [1.807, 2.05) is 38.1 Å². The summed E-state index contributed by atoms with van der Waals surface area (Å²) in [6.07, 6.45) is 1.29. The van der Waals surface area contributed by atoms with Gasteiger partial charge in [-0.25, -0.2) is 0 Å². The van der Waals surface area contributed by atoms with Gasteiger partial charge in [-0.3, -0.25) is 0 Å². The Bertz CT molecular complexity index is 283. The summed E-state index contributed by atoms with van der Waals surface area (Å²) in [5, 5.41) is 0.792. The van der Waals surface area contributed by atoms with Gasteiger partial charge in [-0.1, -0.05) is 36.7 Å². The number of ether oxygens (including phenoxy) is 1. The van der Waals surface area contributed by atoms with Crippen LogP contribution in [0, 0.1) is 0 Å². The van der Waals surface area contributed by atoms with Crippen molar-refractivity contribution in [2.75, 3.05) is 0 Å². The number of hydrogen-bond donors (Lipinski definition) is 0. The van der Waals surface area contributed by atoms with E-state index in [1.54, 1.807) is 0 Å². The molecule has 0 saturated heterocycles. The molecule has 1 atom stereocenters. The monoisotopic (exact) mass is 212 g/mol. The van der Waals surface area contributed by atoms with Crippen molar-refractivity contribution in [2.24, 2.45) is 0 Å². The van der Waals surface area contributed by atoms with E-state index < -0.39 is 0 Å². The van der Waals surface area contributed by atoms with Gasteiger partial charge in [0.05, 0.1) is 12.2 Å². The summed E-state index contributed by atoms with van der Waals surface area (Å²) in [6.45, 7) is 6.19. The number of hydrogen-bond acceptors (Lipinski definition) is 1. The third-order valence-corrected chi connectivity index (χ3v) is 2.40. The zero-order chi connectivity index (χ0) is 10.6. The van der Waals surface area contributed by atoms with Gasteiger partial charge in [0.15, 0.2) is 0 Å². The molecule has 0 amide bonds. The van der Waals surface area contributed by atoms with Crippen molar-refractivity contribution in [3.63, 3.8) is 0 Å². The minimum Gasteiger partial charge on any atom is -0.371 e. The number of rotatable bonds is 4. The van der Waals surface area contributed by atoms with Crippen molar-refractivity contribution in [1.82, 2.24) is 0 Å². The van der Waals surface area contributed by atoms with Gasteiger partial charge in [0, 0.05) is 5.02 Å². The zero-order valence-electron chi connectivity index (χ0n) is 8.96. The first-order chi connectivity index (χ1) is 6.65. The fraction of sp³-hybridized carbons (Fsp3) is 0.500. The van der Waals surface area contributed by atoms with E-state index in [9.17, 15) is 0 Å². The van der Waals surface area contributed by atoms with Gasteiger partial charge in [-0.05, 0) is 31.9 Å². The Morgan fingerprint density at radius 3 is 2.43 bits per heavy atom. The average molecular weight is 213 g/mol. The first kappa shape index (κ1) is 11.5. The fourth-order valence-electron chi connectivity index (χ4n) is 1.45. The smallest absolute Gasteiger partial charge is 0.0840 e. The Balaban J connectivity index is 2.83. The van der Waals surface area contributed by atoms with E-state index in [1.165, 1.54) is 0 Å². The van der Waals surface area contributed by atoms with Crippen LogP contribution in [0.3, 0.4) is 0 Å². The van der Waals surface area contributed by atoms with Crippen LogP contribution in [0.2, 0.25) is 5.02 Å². The molecule has 0 N–H and O–H groups in total. The summed E-state index contributed by atoms with van der Waals surface area (Å²) < 4.78 is 5.78. The van der Waals surface area contributed by atoms with Crippen LogP contribution in [0.1, 0.15) is 38.9 Å². The fourth-order valence-corrected chi connectivity index (χ4v) is 1.71. The minimum absolute atomic E-state index is 0.115. The lowest BCUT2D eigenvalue weighted by Gasteiger charge is -2.20. The molecule has 1 nitrogen and oxygen atoms in total. The van der Waals surface area contributed by atoms with Crippen LogP contribution in [-0.2, 0) is 4.74 Å². The van der Waals surface area contributed by atoms with E-state index in [-0.39, 0.29) is 12.2 Å². The molecule has 14 heavy (non-hydrogen) atoms. The van der Waals surface area contributed by atoms with Gasteiger partial charge in [-0.2, -0.15) is 0 Å². The predicted octanol–water partition coefficient (Wildman–Crippen LogP) is 4.22. The summed E-state index contributed by atoms with van der Waals surface area (Å²) in [4.78, 5) is 0. The molecule has 0 radical (unpaired) electrons. The van der Waals surface area contributed by atoms with E-state index in [2.05, 4.69) is 6.92 Å². The van der Waals surface area contributed by atoms with Crippen LogP contribution < -0.4 is 0 Å². The molecule has 1 aromatic rings. The average Bonchev–Trinajstić information content (AvgIpc) is 2.15. The maximum Gasteiger partial charge on any atom is 0.0840 e. The molecule has 1 rings (SSSR count). The molecule has 2 heteroatoms. The lowest BCUT2D eigenvalue weighted by atomic mass is 10.1. The largest absolute Gasteiger partial charge is 0.371 e. The van der Waals surface area contributed by atoms with Crippen LogP contribution >= 0.6 is 11.6 Å². The molecule has 0 aliphatic carbocycles. The van der Waals surface area contributed by atoms with E-state index in [4.69, 9.17) is 16.3 Å². The van der Waals surface area contributed by atoms with Crippen molar-refractivity contribution in [3.8, 4) is 0 Å². The molecule has 78 valence electrons. The van der Waals surface area contributed by atoms with Crippen LogP contribution in [-0.4, -0.2) is 6.10 Å². The Kier molecular flexibility index (Phi) is 4.43. The molecule has 0 bridgehead atoms. The Hall–Kier alpha value is -0.530. The lowest BCUT2D eigenvalue weighted by molar-refractivity contribution is 0.00454. The summed E-state index contributed by atoms with van der Waals surface area (Å²) in [5.41, 5.74) is 1.09. The minimum atomic E-state index is 0.115. The number of benzene rings is 1.